The number of carbonyl (C=O) groups is 1. The molecule has 22 heavy (non-hydrogen) atoms. The molecule has 0 saturated carbocycles. The van der Waals surface area contributed by atoms with Crippen LogP contribution in [0.3, 0.4) is 0 Å². The number of hydrogen-bond acceptors (Lipinski definition) is 5. The van der Waals surface area contributed by atoms with Crippen LogP contribution in [0.2, 0.25) is 0 Å². The van der Waals surface area contributed by atoms with Gasteiger partial charge in [0.25, 0.3) is 0 Å². The number of ether oxygens (including phenoxy) is 4. The lowest BCUT2D eigenvalue weighted by molar-refractivity contribution is -0.124. The minimum atomic E-state index is 0.0104. The van der Waals surface area contributed by atoms with E-state index >= 15 is 0 Å². The SMILES string of the molecule is COc1cc(C=CC(=O)N2CCCC2)c(OC)c2c1OCO2. The van der Waals surface area contributed by atoms with E-state index in [0.717, 1.165) is 31.5 Å². The van der Waals surface area contributed by atoms with Crippen molar-refractivity contribution in [3.05, 3.63) is 17.7 Å². The highest BCUT2D eigenvalue weighted by Crippen LogP contribution is 2.49. The fourth-order valence-corrected chi connectivity index (χ4v) is 2.72. The Balaban J connectivity index is 1.91. The zero-order valence-corrected chi connectivity index (χ0v) is 12.8. The van der Waals surface area contributed by atoms with Gasteiger partial charge in [0.15, 0.2) is 11.5 Å². The van der Waals surface area contributed by atoms with Gasteiger partial charge < -0.3 is 23.8 Å². The molecule has 1 fully saturated rings. The Bertz CT molecular complexity index is 605. The van der Waals surface area contributed by atoms with Crippen molar-refractivity contribution in [2.24, 2.45) is 0 Å². The van der Waals surface area contributed by atoms with Gasteiger partial charge in [0.05, 0.1) is 14.2 Å². The molecule has 0 radical (unpaired) electrons. The maximum absolute atomic E-state index is 12.1. The Morgan fingerprint density at radius 3 is 2.59 bits per heavy atom. The van der Waals surface area contributed by atoms with Gasteiger partial charge in [0, 0.05) is 24.7 Å². The van der Waals surface area contributed by atoms with Crippen molar-refractivity contribution in [1.82, 2.24) is 4.90 Å². The molecule has 1 amide bonds. The lowest BCUT2D eigenvalue weighted by Crippen LogP contribution is -2.25. The Morgan fingerprint density at radius 1 is 1.18 bits per heavy atom. The fourth-order valence-electron chi connectivity index (χ4n) is 2.72. The lowest BCUT2D eigenvalue weighted by atomic mass is 10.1. The third kappa shape index (κ3) is 2.56. The molecule has 0 bridgehead atoms. The number of rotatable bonds is 4. The second kappa shape index (κ2) is 6.17. The Morgan fingerprint density at radius 2 is 1.91 bits per heavy atom. The standard InChI is InChI=1S/C16H19NO5/c1-19-12-9-11(5-6-13(18)17-7-3-4-8-17)14(20-2)16-15(12)21-10-22-16/h5-6,9H,3-4,7-8,10H2,1-2H3. The molecule has 0 N–H and O–H groups in total. The summed E-state index contributed by atoms with van der Waals surface area (Å²) in [6.45, 7) is 1.78. The van der Waals surface area contributed by atoms with E-state index in [-0.39, 0.29) is 12.7 Å². The van der Waals surface area contributed by atoms with Crippen LogP contribution in [0.1, 0.15) is 18.4 Å². The first kappa shape index (κ1) is 14.6. The molecule has 2 aliphatic heterocycles. The molecule has 1 aromatic rings. The predicted octanol–water partition coefficient (Wildman–Crippen LogP) is 2.07. The maximum atomic E-state index is 12.1. The van der Waals surface area contributed by atoms with Crippen molar-refractivity contribution < 1.29 is 23.7 Å². The number of carbonyl (C=O) groups excluding carboxylic acids is 1. The van der Waals surface area contributed by atoms with Crippen LogP contribution in [0, 0.1) is 0 Å². The summed E-state index contributed by atoms with van der Waals surface area (Å²) in [6.07, 6.45) is 5.43. The largest absolute Gasteiger partial charge is 0.493 e. The van der Waals surface area contributed by atoms with Gasteiger partial charge in [-0.25, -0.2) is 0 Å². The van der Waals surface area contributed by atoms with E-state index in [4.69, 9.17) is 18.9 Å². The van der Waals surface area contributed by atoms with Crippen LogP contribution in [0.15, 0.2) is 12.1 Å². The van der Waals surface area contributed by atoms with E-state index in [1.165, 1.54) is 0 Å². The molecule has 0 unspecified atom stereocenters. The molecule has 0 aromatic heterocycles. The average Bonchev–Trinajstić information content (AvgIpc) is 3.22. The molecule has 6 heteroatoms. The smallest absolute Gasteiger partial charge is 0.246 e. The highest BCUT2D eigenvalue weighted by atomic mass is 16.7. The summed E-state index contributed by atoms with van der Waals surface area (Å²) >= 11 is 0. The van der Waals surface area contributed by atoms with Gasteiger partial charge in [0.2, 0.25) is 24.2 Å². The number of likely N-dealkylation sites (tertiary alicyclic amines) is 1. The first-order valence-corrected chi connectivity index (χ1v) is 7.26. The van der Waals surface area contributed by atoms with Crippen molar-refractivity contribution in [3.8, 4) is 23.0 Å². The van der Waals surface area contributed by atoms with Gasteiger partial charge in [-0.15, -0.1) is 0 Å². The number of methoxy groups -OCH3 is 2. The molecule has 3 rings (SSSR count). The monoisotopic (exact) mass is 305 g/mol. The number of benzene rings is 1. The zero-order chi connectivity index (χ0) is 15.5. The van der Waals surface area contributed by atoms with Crippen LogP contribution >= 0.6 is 0 Å². The summed E-state index contributed by atoms with van der Waals surface area (Å²) in [7, 11) is 3.12. The maximum Gasteiger partial charge on any atom is 0.246 e. The van der Waals surface area contributed by atoms with Crippen molar-refractivity contribution in [3.63, 3.8) is 0 Å². The van der Waals surface area contributed by atoms with Crippen molar-refractivity contribution in [2.45, 2.75) is 12.8 Å². The van der Waals surface area contributed by atoms with Gasteiger partial charge in [-0.05, 0) is 25.0 Å². The van der Waals surface area contributed by atoms with Gasteiger partial charge in [-0.2, -0.15) is 0 Å². The molecule has 118 valence electrons. The molecule has 0 aliphatic carbocycles. The summed E-state index contributed by atoms with van der Waals surface area (Å²) in [5, 5.41) is 0. The summed E-state index contributed by atoms with van der Waals surface area (Å²) in [5.41, 5.74) is 0.719. The average molecular weight is 305 g/mol. The Hall–Kier alpha value is -2.37. The fraction of sp³-hybridized carbons (Fsp3) is 0.438. The molecule has 6 nitrogen and oxygen atoms in total. The van der Waals surface area contributed by atoms with Crippen molar-refractivity contribution in [2.75, 3.05) is 34.1 Å². The van der Waals surface area contributed by atoms with E-state index < -0.39 is 0 Å². The second-order valence-electron chi connectivity index (χ2n) is 5.13. The van der Waals surface area contributed by atoms with E-state index in [9.17, 15) is 4.79 Å². The molecule has 2 aliphatic rings. The number of nitrogens with zero attached hydrogens (tertiary/aromatic N) is 1. The van der Waals surface area contributed by atoms with Gasteiger partial charge in [-0.3, -0.25) is 4.79 Å². The normalized spacial score (nSPS) is 16.4. The predicted molar refractivity (Wildman–Crippen MR) is 80.5 cm³/mol. The van der Waals surface area contributed by atoms with Crippen LogP contribution < -0.4 is 18.9 Å². The lowest BCUT2D eigenvalue weighted by Gasteiger charge is -2.13. The van der Waals surface area contributed by atoms with Crippen LogP contribution in [0.4, 0.5) is 0 Å². The first-order chi connectivity index (χ1) is 10.7. The van der Waals surface area contributed by atoms with Crippen molar-refractivity contribution >= 4 is 12.0 Å². The first-order valence-electron chi connectivity index (χ1n) is 7.26. The van der Waals surface area contributed by atoms with Crippen LogP contribution in [0.5, 0.6) is 23.0 Å². The van der Waals surface area contributed by atoms with E-state index in [2.05, 4.69) is 0 Å². The molecule has 0 spiro atoms. The van der Waals surface area contributed by atoms with Gasteiger partial charge in [0.1, 0.15) is 0 Å². The molecular formula is C16H19NO5. The third-order valence-electron chi connectivity index (χ3n) is 3.84. The van der Waals surface area contributed by atoms with E-state index in [1.807, 2.05) is 4.90 Å². The minimum absolute atomic E-state index is 0.0104. The van der Waals surface area contributed by atoms with E-state index in [1.54, 1.807) is 32.4 Å². The number of amides is 1. The third-order valence-corrected chi connectivity index (χ3v) is 3.84. The molecule has 0 atom stereocenters. The quantitative estimate of drug-likeness (QED) is 0.797. The summed E-state index contributed by atoms with van der Waals surface area (Å²) < 4.78 is 21.6. The Kier molecular flexibility index (Phi) is 4.09. The zero-order valence-electron chi connectivity index (χ0n) is 12.8. The molecule has 2 heterocycles. The van der Waals surface area contributed by atoms with Gasteiger partial charge in [-0.1, -0.05) is 0 Å². The topological polar surface area (TPSA) is 57.2 Å². The van der Waals surface area contributed by atoms with E-state index in [0.29, 0.717) is 23.0 Å². The second-order valence-corrected chi connectivity index (χ2v) is 5.13. The number of hydrogen-bond donors (Lipinski definition) is 0. The summed E-state index contributed by atoms with van der Waals surface area (Å²) in [6, 6.07) is 1.78. The summed E-state index contributed by atoms with van der Waals surface area (Å²) in [5.74, 6) is 2.15. The Labute approximate surface area is 129 Å². The van der Waals surface area contributed by atoms with Crippen LogP contribution in [-0.2, 0) is 4.79 Å². The summed E-state index contributed by atoms with van der Waals surface area (Å²) in [4.78, 5) is 14.0. The van der Waals surface area contributed by atoms with Crippen LogP contribution in [-0.4, -0.2) is 44.9 Å². The molecular weight excluding hydrogens is 286 g/mol. The molecule has 1 aromatic carbocycles. The van der Waals surface area contributed by atoms with Crippen molar-refractivity contribution in [1.29, 1.82) is 0 Å². The highest BCUT2D eigenvalue weighted by molar-refractivity contribution is 5.92. The van der Waals surface area contributed by atoms with Crippen LogP contribution in [0.25, 0.3) is 6.08 Å². The minimum Gasteiger partial charge on any atom is -0.493 e. The number of fused-ring (bicyclic) bond motifs is 1. The van der Waals surface area contributed by atoms with Gasteiger partial charge >= 0.3 is 0 Å². The highest BCUT2D eigenvalue weighted by Gasteiger charge is 2.26. The molecule has 1 saturated heterocycles.